The Balaban J connectivity index is 1.22. The summed E-state index contributed by atoms with van der Waals surface area (Å²) in [6.07, 6.45) is 7.44. The van der Waals surface area contributed by atoms with E-state index in [0.717, 1.165) is 35.2 Å². The molecule has 0 bridgehead atoms. The maximum Gasteiger partial charge on any atom is 0.265 e. The number of aromatic amines is 1. The van der Waals surface area contributed by atoms with Crippen molar-refractivity contribution in [1.29, 1.82) is 0 Å². The van der Waals surface area contributed by atoms with Gasteiger partial charge in [0.2, 0.25) is 5.95 Å². The summed E-state index contributed by atoms with van der Waals surface area (Å²) in [6, 6.07) is 22.4. The van der Waals surface area contributed by atoms with E-state index in [4.69, 9.17) is 5.73 Å². The first-order valence-corrected chi connectivity index (χ1v) is 14.8. The first-order chi connectivity index (χ1) is 22.0. The molecule has 0 saturated heterocycles. The van der Waals surface area contributed by atoms with Gasteiger partial charge in [-0.3, -0.25) is 14.0 Å². The predicted octanol–water partition coefficient (Wildman–Crippen LogP) is 5.93. The van der Waals surface area contributed by atoms with Gasteiger partial charge in [-0.25, -0.2) is 9.37 Å². The van der Waals surface area contributed by atoms with Crippen LogP contribution < -0.4 is 11.3 Å². The molecule has 9 nitrogen and oxygen atoms in total. The van der Waals surface area contributed by atoms with Crippen LogP contribution in [0.1, 0.15) is 35.4 Å². The largest absolute Gasteiger partial charge is 0.392 e. The van der Waals surface area contributed by atoms with Crippen molar-refractivity contribution < 1.29 is 9.50 Å². The minimum atomic E-state index is -0.535. The average molecular weight is 598 g/mol. The molecule has 1 saturated carbocycles. The van der Waals surface area contributed by atoms with E-state index in [-0.39, 0.29) is 11.3 Å². The second kappa shape index (κ2) is 10.5. The highest BCUT2D eigenvalue weighted by atomic mass is 19.1. The molecule has 4 aromatic heterocycles. The molecule has 8 rings (SSSR count). The number of aliphatic hydroxyl groups is 1. The van der Waals surface area contributed by atoms with Crippen LogP contribution in [0.5, 0.6) is 0 Å². The standard InChI is InChI=1S/C35H28FN7O2/c36-28-14-23(21-9-10-21)13-22-11-12-43(34(45)31(22)28)30-8-4-7-25(27(30)19-44)32-26-15-29(39-33(26)41-35(37)40-32)24-16-38-42(18-24)17-20-5-2-1-3-6-20/h1-8,11-16,18,21,44H,9-10,17,19H2,(H3,37,39,40,41). The summed E-state index contributed by atoms with van der Waals surface area (Å²) >= 11 is 0. The zero-order chi connectivity index (χ0) is 30.7. The molecule has 1 fully saturated rings. The van der Waals surface area contributed by atoms with Crippen LogP contribution >= 0.6 is 0 Å². The normalized spacial score (nSPS) is 13.2. The molecule has 0 atom stereocenters. The number of nitrogens with one attached hydrogen (secondary N) is 1. The Hall–Kier alpha value is -5.61. The molecule has 1 aliphatic rings. The molecule has 10 heteroatoms. The van der Waals surface area contributed by atoms with Gasteiger partial charge in [0, 0.05) is 34.5 Å². The molecule has 0 unspecified atom stereocenters. The zero-order valence-electron chi connectivity index (χ0n) is 24.1. The number of benzene rings is 3. The number of anilines is 1. The van der Waals surface area contributed by atoms with Crippen LogP contribution in [0.3, 0.4) is 0 Å². The topological polar surface area (TPSA) is 128 Å². The number of fused-ring (bicyclic) bond motifs is 2. The number of halogens is 1. The van der Waals surface area contributed by atoms with Crippen molar-refractivity contribution in [3.05, 3.63) is 124 Å². The molecular weight excluding hydrogens is 569 g/mol. The number of hydrogen-bond acceptors (Lipinski definition) is 6. The molecule has 3 aromatic carbocycles. The van der Waals surface area contributed by atoms with Gasteiger partial charge in [-0.05, 0) is 59.5 Å². The van der Waals surface area contributed by atoms with Gasteiger partial charge in [0.1, 0.15) is 11.5 Å². The molecular formula is C35H28FN7O2. The summed E-state index contributed by atoms with van der Waals surface area (Å²) in [5, 5.41) is 16.4. The fourth-order valence-electron chi connectivity index (χ4n) is 6.13. The fourth-order valence-corrected chi connectivity index (χ4v) is 6.13. The van der Waals surface area contributed by atoms with Crippen molar-refractivity contribution in [3.63, 3.8) is 0 Å². The third-order valence-electron chi connectivity index (χ3n) is 8.49. The van der Waals surface area contributed by atoms with Crippen molar-refractivity contribution in [2.24, 2.45) is 0 Å². The monoisotopic (exact) mass is 597 g/mol. The lowest BCUT2D eigenvalue weighted by Gasteiger charge is -2.16. The van der Waals surface area contributed by atoms with Crippen LogP contribution in [-0.4, -0.2) is 34.4 Å². The van der Waals surface area contributed by atoms with E-state index >= 15 is 4.39 Å². The molecule has 4 N–H and O–H groups in total. The number of nitrogens with two attached hydrogens (primary N) is 1. The molecule has 0 spiro atoms. The van der Waals surface area contributed by atoms with Gasteiger partial charge >= 0.3 is 0 Å². The summed E-state index contributed by atoms with van der Waals surface area (Å²) in [5.74, 6) is -0.121. The lowest BCUT2D eigenvalue weighted by Crippen LogP contribution is -2.20. The first-order valence-electron chi connectivity index (χ1n) is 14.8. The molecule has 7 aromatic rings. The number of nitrogens with zero attached hydrogens (tertiary/aromatic N) is 5. The smallest absolute Gasteiger partial charge is 0.265 e. The Morgan fingerprint density at radius 1 is 1.02 bits per heavy atom. The van der Waals surface area contributed by atoms with Crippen molar-refractivity contribution >= 4 is 27.8 Å². The third-order valence-corrected chi connectivity index (χ3v) is 8.49. The van der Waals surface area contributed by atoms with Crippen LogP contribution in [0.2, 0.25) is 0 Å². The highest BCUT2D eigenvalue weighted by Crippen LogP contribution is 2.41. The van der Waals surface area contributed by atoms with Crippen LogP contribution in [0.25, 0.3) is 50.0 Å². The van der Waals surface area contributed by atoms with Crippen LogP contribution in [0, 0.1) is 5.82 Å². The molecule has 4 heterocycles. The fraction of sp³-hybridized carbons (Fsp3) is 0.143. The van der Waals surface area contributed by atoms with E-state index in [1.807, 2.05) is 47.3 Å². The Morgan fingerprint density at radius 3 is 2.67 bits per heavy atom. The summed E-state index contributed by atoms with van der Waals surface area (Å²) in [7, 11) is 0. The number of hydrogen-bond donors (Lipinski definition) is 3. The quantitative estimate of drug-likeness (QED) is 0.209. The maximum absolute atomic E-state index is 15.3. The van der Waals surface area contributed by atoms with Crippen molar-refractivity contribution in [2.75, 3.05) is 5.73 Å². The zero-order valence-corrected chi connectivity index (χ0v) is 24.1. The van der Waals surface area contributed by atoms with Crippen LogP contribution in [0.4, 0.5) is 10.3 Å². The predicted molar refractivity (Wildman–Crippen MR) is 171 cm³/mol. The van der Waals surface area contributed by atoms with E-state index in [0.29, 0.717) is 51.4 Å². The Labute approximate surface area is 256 Å². The molecule has 1 aliphatic carbocycles. The lowest BCUT2D eigenvalue weighted by atomic mass is 10.00. The van der Waals surface area contributed by atoms with E-state index in [1.54, 1.807) is 30.6 Å². The number of H-pyrrole nitrogens is 1. The molecule has 45 heavy (non-hydrogen) atoms. The Bertz CT molecular complexity index is 2300. The van der Waals surface area contributed by atoms with Gasteiger partial charge < -0.3 is 15.8 Å². The van der Waals surface area contributed by atoms with Crippen molar-refractivity contribution in [1.82, 2.24) is 29.3 Å². The number of nitrogen functional groups attached to an aromatic ring is 1. The van der Waals surface area contributed by atoms with E-state index < -0.39 is 18.0 Å². The van der Waals surface area contributed by atoms with Gasteiger partial charge in [0.05, 0.1) is 41.8 Å². The summed E-state index contributed by atoms with van der Waals surface area (Å²) in [4.78, 5) is 26.0. The molecule has 0 aliphatic heterocycles. The number of pyridine rings is 1. The van der Waals surface area contributed by atoms with Crippen LogP contribution in [0.15, 0.2) is 96.2 Å². The average Bonchev–Trinajstić information content (AvgIpc) is 3.65. The minimum absolute atomic E-state index is 0.0213. The second-order valence-electron chi connectivity index (χ2n) is 11.5. The summed E-state index contributed by atoms with van der Waals surface area (Å²) in [5.41, 5.74) is 11.8. The van der Waals surface area contributed by atoms with E-state index in [2.05, 4.69) is 32.2 Å². The Morgan fingerprint density at radius 2 is 1.87 bits per heavy atom. The van der Waals surface area contributed by atoms with Crippen molar-refractivity contribution in [3.8, 4) is 28.2 Å². The Kier molecular flexibility index (Phi) is 6.31. The minimum Gasteiger partial charge on any atom is -0.392 e. The first kappa shape index (κ1) is 27.0. The summed E-state index contributed by atoms with van der Waals surface area (Å²) in [6.45, 7) is 0.236. The maximum atomic E-state index is 15.3. The van der Waals surface area contributed by atoms with E-state index in [1.165, 1.54) is 10.6 Å². The van der Waals surface area contributed by atoms with Gasteiger partial charge in [0.15, 0.2) is 0 Å². The van der Waals surface area contributed by atoms with Gasteiger partial charge in [0.25, 0.3) is 5.56 Å². The third kappa shape index (κ3) is 4.76. The number of aromatic nitrogens is 6. The highest BCUT2D eigenvalue weighted by molar-refractivity contribution is 5.96. The van der Waals surface area contributed by atoms with Gasteiger partial charge in [-0.2, -0.15) is 10.1 Å². The molecule has 0 radical (unpaired) electrons. The number of aliphatic hydroxyl groups excluding tert-OH is 1. The second-order valence-corrected chi connectivity index (χ2v) is 11.5. The lowest BCUT2D eigenvalue weighted by molar-refractivity contribution is 0.282. The van der Waals surface area contributed by atoms with E-state index in [9.17, 15) is 9.90 Å². The van der Waals surface area contributed by atoms with Gasteiger partial charge in [-0.15, -0.1) is 0 Å². The number of rotatable bonds is 7. The molecule has 0 amide bonds. The summed E-state index contributed by atoms with van der Waals surface area (Å²) < 4.78 is 18.5. The van der Waals surface area contributed by atoms with Crippen LogP contribution in [-0.2, 0) is 13.2 Å². The van der Waals surface area contributed by atoms with Gasteiger partial charge in [-0.1, -0.05) is 48.5 Å². The molecule has 222 valence electrons. The highest BCUT2D eigenvalue weighted by Gasteiger charge is 2.25. The van der Waals surface area contributed by atoms with Crippen molar-refractivity contribution in [2.45, 2.75) is 31.9 Å². The SMILES string of the molecule is Nc1nc(-c2cccc(-n3ccc4cc(C5CC5)cc(F)c4c3=O)c2CO)c2cc(-c3cnn(Cc4ccccc4)c3)[nH]c2n1.